The Hall–Kier alpha value is -2.88. The van der Waals surface area contributed by atoms with E-state index in [1.54, 1.807) is 29.2 Å². The van der Waals surface area contributed by atoms with Crippen LogP contribution in [-0.4, -0.2) is 21.3 Å². The van der Waals surface area contributed by atoms with Gasteiger partial charge < -0.3 is 4.74 Å². The molecule has 96 valence electrons. The first-order valence-electron chi connectivity index (χ1n) is 5.50. The summed E-state index contributed by atoms with van der Waals surface area (Å²) in [5, 5.41) is 23.8. The Morgan fingerprint density at radius 3 is 2.95 bits per heavy atom. The van der Waals surface area contributed by atoms with Crippen molar-refractivity contribution >= 4 is 5.69 Å². The monoisotopic (exact) mass is 258 g/mol. The summed E-state index contributed by atoms with van der Waals surface area (Å²) in [5.41, 5.74) is -0.313. The molecule has 7 nitrogen and oxygen atoms in total. The normalized spacial score (nSPS) is 9.84. The lowest BCUT2D eigenvalue weighted by Gasteiger charge is -2.07. The Morgan fingerprint density at radius 2 is 2.32 bits per heavy atom. The van der Waals surface area contributed by atoms with Crippen molar-refractivity contribution in [3.63, 3.8) is 0 Å². The largest absolute Gasteiger partial charge is 0.490 e. The molecule has 19 heavy (non-hydrogen) atoms. The molecular weight excluding hydrogens is 248 g/mol. The van der Waals surface area contributed by atoms with Crippen LogP contribution in [0.3, 0.4) is 0 Å². The van der Waals surface area contributed by atoms with Crippen LogP contribution in [0.4, 0.5) is 5.69 Å². The molecular formula is C12H10N4O3. The second kappa shape index (κ2) is 5.64. The first-order valence-corrected chi connectivity index (χ1v) is 5.50. The molecule has 0 fully saturated rings. The van der Waals surface area contributed by atoms with E-state index in [9.17, 15) is 10.1 Å². The number of ether oxygens (including phenoxy) is 1. The summed E-state index contributed by atoms with van der Waals surface area (Å²) in [6.07, 6.45) is 3.43. The van der Waals surface area contributed by atoms with Crippen LogP contribution in [0, 0.1) is 21.4 Å². The summed E-state index contributed by atoms with van der Waals surface area (Å²) in [5.74, 6) is 0.212. The van der Waals surface area contributed by atoms with E-state index >= 15 is 0 Å². The third-order valence-corrected chi connectivity index (χ3v) is 2.45. The van der Waals surface area contributed by atoms with Gasteiger partial charge in [-0.05, 0) is 12.1 Å². The molecule has 0 radical (unpaired) electrons. The van der Waals surface area contributed by atoms with Gasteiger partial charge >= 0.3 is 0 Å². The predicted octanol–water partition coefficient (Wildman–Crippen LogP) is 1.74. The Morgan fingerprint density at radius 1 is 1.47 bits per heavy atom. The molecule has 0 amide bonds. The van der Waals surface area contributed by atoms with Crippen molar-refractivity contribution in [2.75, 3.05) is 6.61 Å². The number of nitro groups is 1. The fraction of sp³-hybridized carbons (Fsp3) is 0.167. The van der Waals surface area contributed by atoms with Gasteiger partial charge in [0.05, 0.1) is 11.5 Å². The van der Waals surface area contributed by atoms with Gasteiger partial charge in [0.1, 0.15) is 18.4 Å². The molecule has 7 heteroatoms. The quantitative estimate of drug-likeness (QED) is 0.601. The number of aromatic nitrogens is 2. The van der Waals surface area contributed by atoms with Crippen LogP contribution in [0.2, 0.25) is 0 Å². The lowest BCUT2D eigenvalue weighted by atomic mass is 10.2. The zero-order chi connectivity index (χ0) is 13.7. The highest BCUT2D eigenvalue weighted by atomic mass is 16.6. The Labute approximate surface area is 108 Å². The molecule has 1 aromatic carbocycles. The average Bonchev–Trinajstić information content (AvgIpc) is 2.91. The molecule has 0 N–H and O–H groups in total. The van der Waals surface area contributed by atoms with Crippen molar-refractivity contribution in [2.24, 2.45) is 0 Å². The second-order valence-electron chi connectivity index (χ2n) is 3.64. The van der Waals surface area contributed by atoms with Gasteiger partial charge in [-0.1, -0.05) is 6.07 Å². The third kappa shape index (κ3) is 2.87. The first kappa shape index (κ1) is 12.6. The number of nitriles is 1. The molecule has 0 saturated heterocycles. The van der Waals surface area contributed by atoms with E-state index < -0.39 is 4.92 Å². The Balaban J connectivity index is 2.10. The third-order valence-electron chi connectivity index (χ3n) is 2.45. The van der Waals surface area contributed by atoms with Crippen LogP contribution < -0.4 is 4.74 Å². The van der Waals surface area contributed by atoms with Gasteiger partial charge in [0.2, 0.25) is 0 Å². The van der Waals surface area contributed by atoms with Crippen molar-refractivity contribution in [3.05, 3.63) is 52.3 Å². The molecule has 0 unspecified atom stereocenters. The number of nitrogens with zero attached hydrogens (tertiary/aromatic N) is 4. The van der Waals surface area contributed by atoms with Crippen molar-refractivity contribution in [3.8, 4) is 11.8 Å². The first-order chi connectivity index (χ1) is 9.22. The molecule has 0 atom stereocenters. The minimum atomic E-state index is -0.598. The van der Waals surface area contributed by atoms with Crippen LogP contribution in [0.1, 0.15) is 5.56 Å². The number of hydrogen-bond donors (Lipinski definition) is 0. The van der Waals surface area contributed by atoms with E-state index in [-0.39, 0.29) is 23.6 Å². The molecule has 0 bridgehead atoms. The summed E-state index contributed by atoms with van der Waals surface area (Å²) < 4.78 is 7.07. The molecule has 0 aliphatic carbocycles. The van der Waals surface area contributed by atoms with Crippen LogP contribution >= 0.6 is 0 Å². The molecule has 0 aliphatic rings. The van der Waals surface area contributed by atoms with E-state index in [0.717, 1.165) is 0 Å². The zero-order valence-electron chi connectivity index (χ0n) is 9.89. The molecule has 0 saturated carbocycles. The van der Waals surface area contributed by atoms with Crippen LogP contribution in [0.5, 0.6) is 5.75 Å². The van der Waals surface area contributed by atoms with Gasteiger partial charge in [-0.15, -0.1) is 0 Å². The minimum Gasteiger partial charge on any atom is -0.490 e. The Kier molecular flexibility index (Phi) is 3.73. The van der Waals surface area contributed by atoms with Crippen LogP contribution in [0.25, 0.3) is 0 Å². The van der Waals surface area contributed by atoms with Gasteiger partial charge in [-0.3, -0.25) is 14.8 Å². The number of nitro benzene ring substituents is 1. The molecule has 0 spiro atoms. The smallest absolute Gasteiger partial charge is 0.290 e. The lowest BCUT2D eigenvalue weighted by Crippen LogP contribution is -2.09. The highest BCUT2D eigenvalue weighted by molar-refractivity contribution is 5.56. The SMILES string of the molecule is N#Cc1c(OCCn2cccn2)cccc1[N+](=O)[O-]. The summed E-state index contributed by atoms with van der Waals surface area (Å²) in [4.78, 5) is 10.2. The lowest BCUT2D eigenvalue weighted by molar-refractivity contribution is -0.385. The second-order valence-corrected chi connectivity index (χ2v) is 3.64. The zero-order valence-corrected chi connectivity index (χ0v) is 9.89. The number of hydrogen-bond acceptors (Lipinski definition) is 5. The summed E-state index contributed by atoms with van der Waals surface area (Å²) in [6.45, 7) is 0.776. The fourth-order valence-corrected chi connectivity index (χ4v) is 1.59. The standard InChI is InChI=1S/C12H10N4O3/c13-9-10-11(16(17)18)3-1-4-12(10)19-8-7-15-6-2-5-14-15/h1-6H,7-8H2. The maximum Gasteiger partial charge on any atom is 0.290 e. The fourth-order valence-electron chi connectivity index (χ4n) is 1.59. The van der Waals surface area contributed by atoms with Gasteiger partial charge in [0, 0.05) is 18.5 Å². The van der Waals surface area contributed by atoms with Crippen LogP contribution in [0.15, 0.2) is 36.7 Å². The maximum absolute atomic E-state index is 10.8. The molecule has 1 aromatic heterocycles. The van der Waals surface area contributed by atoms with Gasteiger partial charge in [-0.2, -0.15) is 10.4 Å². The van der Waals surface area contributed by atoms with Crippen molar-refractivity contribution in [1.82, 2.24) is 9.78 Å². The predicted molar refractivity (Wildman–Crippen MR) is 65.5 cm³/mol. The van der Waals surface area contributed by atoms with E-state index in [1.165, 1.54) is 18.2 Å². The topological polar surface area (TPSA) is 94.0 Å². The summed E-state index contributed by atoms with van der Waals surface area (Å²) >= 11 is 0. The van der Waals surface area contributed by atoms with E-state index in [1.807, 2.05) is 0 Å². The molecule has 1 heterocycles. The highest BCUT2D eigenvalue weighted by Crippen LogP contribution is 2.27. The molecule has 2 aromatic rings. The average molecular weight is 258 g/mol. The van der Waals surface area contributed by atoms with Gasteiger partial charge in [0.15, 0.2) is 5.56 Å². The van der Waals surface area contributed by atoms with Crippen LogP contribution in [-0.2, 0) is 6.54 Å². The van der Waals surface area contributed by atoms with E-state index in [2.05, 4.69) is 5.10 Å². The maximum atomic E-state index is 10.8. The minimum absolute atomic E-state index is 0.0621. The number of benzene rings is 1. The molecule has 0 aliphatic heterocycles. The van der Waals surface area contributed by atoms with E-state index in [0.29, 0.717) is 6.54 Å². The van der Waals surface area contributed by atoms with Crippen molar-refractivity contribution in [2.45, 2.75) is 6.54 Å². The summed E-state index contributed by atoms with van der Waals surface area (Å²) in [6, 6.07) is 7.89. The van der Waals surface area contributed by atoms with E-state index in [4.69, 9.17) is 10.00 Å². The number of rotatable bonds is 5. The van der Waals surface area contributed by atoms with Gasteiger partial charge in [0.25, 0.3) is 5.69 Å². The molecule has 2 rings (SSSR count). The highest BCUT2D eigenvalue weighted by Gasteiger charge is 2.17. The van der Waals surface area contributed by atoms with Crippen molar-refractivity contribution in [1.29, 1.82) is 5.26 Å². The van der Waals surface area contributed by atoms with Crippen molar-refractivity contribution < 1.29 is 9.66 Å². The Bertz CT molecular complexity index is 616. The van der Waals surface area contributed by atoms with Gasteiger partial charge in [-0.25, -0.2) is 0 Å². The summed E-state index contributed by atoms with van der Waals surface area (Å²) in [7, 11) is 0.